The van der Waals surface area contributed by atoms with Gasteiger partial charge in [0.2, 0.25) is 5.91 Å². The highest BCUT2D eigenvalue weighted by Gasteiger charge is 2.25. The van der Waals surface area contributed by atoms with Crippen LogP contribution in [0.15, 0.2) is 24.3 Å². The van der Waals surface area contributed by atoms with E-state index in [0.717, 1.165) is 13.1 Å². The molecule has 3 heteroatoms. The van der Waals surface area contributed by atoms with E-state index in [9.17, 15) is 4.79 Å². The van der Waals surface area contributed by atoms with Crippen molar-refractivity contribution in [1.29, 1.82) is 0 Å². The van der Waals surface area contributed by atoms with Crippen LogP contribution in [0.4, 0.5) is 0 Å². The van der Waals surface area contributed by atoms with Crippen molar-refractivity contribution >= 4 is 5.91 Å². The second kappa shape index (κ2) is 3.91. The number of hydrogen-bond donors (Lipinski definition) is 1. The van der Waals surface area contributed by atoms with Crippen molar-refractivity contribution in [3.63, 3.8) is 0 Å². The molecule has 0 atom stereocenters. The number of carbonyl (C=O) groups excluding carboxylic acids is 1. The Bertz CT molecular complexity index is 387. The van der Waals surface area contributed by atoms with Crippen molar-refractivity contribution in [2.45, 2.75) is 32.0 Å². The number of amides is 1. The first-order chi connectivity index (χ1) is 7.83. The minimum atomic E-state index is 0.225. The topological polar surface area (TPSA) is 32.3 Å². The van der Waals surface area contributed by atoms with E-state index in [-0.39, 0.29) is 5.91 Å². The highest BCUT2D eigenvalue weighted by molar-refractivity contribution is 5.79. The van der Waals surface area contributed by atoms with E-state index in [0.29, 0.717) is 12.6 Å². The zero-order valence-corrected chi connectivity index (χ0v) is 9.28. The minimum Gasteiger partial charge on any atom is -0.333 e. The van der Waals surface area contributed by atoms with Crippen molar-refractivity contribution < 1.29 is 4.79 Å². The van der Waals surface area contributed by atoms with E-state index in [1.54, 1.807) is 0 Å². The van der Waals surface area contributed by atoms with Crippen LogP contribution in [0.5, 0.6) is 0 Å². The Kier molecular flexibility index (Phi) is 2.40. The van der Waals surface area contributed by atoms with Crippen LogP contribution in [-0.2, 0) is 17.9 Å². The first-order valence-electron chi connectivity index (χ1n) is 5.91. The Morgan fingerprint density at radius 2 is 1.88 bits per heavy atom. The first-order valence-corrected chi connectivity index (χ1v) is 5.91. The Morgan fingerprint density at radius 3 is 2.44 bits per heavy atom. The van der Waals surface area contributed by atoms with Gasteiger partial charge in [-0.3, -0.25) is 4.79 Å². The van der Waals surface area contributed by atoms with Crippen molar-refractivity contribution in [2.24, 2.45) is 0 Å². The summed E-state index contributed by atoms with van der Waals surface area (Å²) in [6.45, 7) is 2.06. The number of benzene rings is 1. The van der Waals surface area contributed by atoms with Gasteiger partial charge >= 0.3 is 0 Å². The fourth-order valence-corrected chi connectivity index (χ4v) is 2.14. The molecule has 0 saturated heterocycles. The zero-order chi connectivity index (χ0) is 11.0. The van der Waals surface area contributed by atoms with Crippen LogP contribution in [0.2, 0.25) is 0 Å². The minimum absolute atomic E-state index is 0.225. The number of carbonyl (C=O) groups is 1. The molecule has 0 aromatic heterocycles. The fourth-order valence-electron chi connectivity index (χ4n) is 2.14. The van der Waals surface area contributed by atoms with Crippen LogP contribution in [-0.4, -0.2) is 23.4 Å². The number of fused-ring (bicyclic) bond motifs is 1. The third-order valence-corrected chi connectivity index (χ3v) is 3.31. The van der Waals surface area contributed by atoms with Gasteiger partial charge in [0, 0.05) is 19.1 Å². The summed E-state index contributed by atoms with van der Waals surface area (Å²) >= 11 is 0. The normalized spacial score (nSPS) is 18.6. The maximum absolute atomic E-state index is 11.9. The van der Waals surface area contributed by atoms with Crippen molar-refractivity contribution in [1.82, 2.24) is 10.2 Å². The van der Waals surface area contributed by atoms with Crippen LogP contribution in [0.25, 0.3) is 0 Å². The second-order valence-corrected chi connectivity index (χ2v) is 4.67. The van der Waals surface area contributed by atoms with Gasteiger partial charge in [0.25, 0.3) is 0 Å². The van der Waals surface area contributed by atoms with Crippen LogP contribution < -0.4 is 5.32 Å². The molecule has 84 valence electrons. The highest BCUT2D eigenvalue weighted by Crippen LogP contribution is 2.22. The van der Waals surface area contributed by atoms with Gasteiger partial charge in [-0.1, -0.05) is 24.3 Å². The van der Waals surface area contributed by atoms with Gasteiger partial charge in [-0.2, -0.15) is 0 Å². The quantitative estimate of drug-likeness (QED) is 0.825. The smallest absolute Gasteiger partial charge is 0.237 e. The van der Waals surface area contributed by atoms with Crippen molar-refractivity contribution in [3.05, 3.63) is 35.4 Å². The third kappa shape index (κ3) is 1.95. The molecule has 3 rings (SSSR count). The Morgan fingerprint density at radius 1 is 1.25 bits per heavy atom. The average Bonchev–Trinajstić information content (AvgIpc) is 3.02. The van der Waals surface area contributed by atoms with Crippen LogP contribution in [0.3, 0.4) is 0 Å². The summed E-state index contributed by atoms with van der Waals surface area (Å²) in [5, 5.41) is 3.27. The predicted octanol–water partition coefficient (Wildman–Crippen LogP) is 1.28. The van der Waals surface area contributed by atoms with Gasteiger partial charge in [-0.15, -0.1) is 0 Å². The monoisotopic (exact) mass is 216 g/mol. The molecule has 3 nitrogen and oxygen atoms in total. The summed E-state index contributed by atoms with van der Waals surface area (Å²) in [4.78, 5) is 13.8. The van der Waals surface area contributed by atoms with Gasteiger partial charge < -0.3 is 10.2 Å². The molecule has 1 aliphatic heterocycles. The summed E-state index contributed by atoms with van der Waals surface area (Å²) in [5.74, 6) is 0.225. The van der Waals surface area contributed by atoms with E-state index in [1.165, 1.54) is 24.0 Å². The summed E-state index contributed by atoms with van der Waals surface area (Å²) in [6, 6.07) is 8.90. The Labute approximate surface area is 95.4 Å². The lowest BCUT2D eigenvalue weighted by atomic mass is 10.1. The van der Waals surface area contributed by atoms with Crippen LogP contribution in [0.1, 0.15) is 24.0 Å². The molecular weight excluding hydrogens is 200 g/mol. The van der Waals surface area contributed by atoms with Crippen molar-refractivity contribution in [3.8, 4) is 0 Å². The zero-order valence-electron chi connectivity index (χ0n) is 9.28. The third-order valence-electron chi connectivity index (χ3n) is 3.31. The lowest BCUT2D eigenvalue weighted by Gasteiger charge is -2.15. The molecule has 1 aliphatic carbocycles. The van der Waals surface area contributed by atoms with E-state index in [4.69, 9.17) is 0 Å². The lowest BCUT2D eigenvalue weighted by molar-refractivity contribution is -0.130. The van der Waals surface area contributed by atoms with E-state index < -0.39 is 0 Å². The molecule has 0 spiro atoms. The molecule has 1 saturated carbocycles. The molecular formula is C13H16N2O. The molecule has 1 N–H and O–H groups in total. The molecule has 1 amide bonds. The molecule has 0 bridgehead atoms. The molecule has 0 unspecified atom stereocenters. The lowest BCUT2D eigenvalue weighted by Crippen LogP contribution is -2.35. The highest BCUT2D eigenvalue weighted by atomic mass is 16.2. The molecule has 1 fully saturated rings. The maximum Gasteiger partial charge on any atom is 0.237 e. The first kappa shape index (κ1) is 9.85. The summed E-state index contributed by atoms with van der Waals surface area (Å²) < 4.78 is 0. The molecule has 1 aromatic carbocycles. The summed E-state index contributed by atoms with van der Waals surface area (Å²) in [6.07, 6.45) is 2.46. The van der Waals surface area contributed by atoms with Gasteiger partial charge in [-0.05, 0) is 24.0 Å². The van der Waals surface area contributed by atoms with Gasteiger partial charge in [0.15, 0.2) is 0 Å². The number of nitrogens with zero attached hydrogens (tertiary/aromatic N) is 1. The van der Waals surface area contributed by atoms with Gasteiger partial charge in [-0.25, -0.2) is 0 Å². The van der Waals surface area contributed by atoms with E-state index in [1.807, 2.05) is 17.0 Å². The number of nitrogens with one attached hydrogen (secondary N) is 1. The van der Waals surface area contributed by atoms with E-state index in [2.05, 4.69) is 17.4 Å². The molecule has 16 heavy (non-hydrogen) atoms. The molecule has 1 aromatic rings. The van der Waals surface area contributed by atoms with Crippen molar-refractivity contribution in [2.75, 3.05) is 6.54 Å². The largest absolute Gasteiger partial charge is 0.333 e. The maximum atomic E-state index is 11.9. The molecule has 2 aliphatic rings. The Balaban J connectivity index is 1.59. The second-order valence-electron chi connectivity index (χ2n) is 4.67. The number of rotatable bonds is 3. The molecule has 1 heterocycles. The SMILES string of the molecule is O=C(CNC1CC1)N1Cc2ccccc2C1. The summed E-state index contributed by atoms with van der Waals surface area (Å²) in [7, 11) is 0. The van der Waals surface area contributed by atoms with Crippen LogP contribution in [0, 0.1) is 0 Å². The Hall–Kier alpha value is -1.35. The molecule has 0 radical (unpaired) electrons. The standard InChI is InChI=1S/C13H16N2O/c16-13(7-14-12-5-6-12)15-8-10-3-1-2-4-11(10)9-15/h1-4,12,14H,5-9H2. The van der Waals surface area contributed by atoms with Crippen LogP contribution >= 0.6 is 0 Å². The summed E-state index contributed by atoms with van der Waals surface area (Å²) in [5.41, 5.74) is 2.59. The average molecular weight is 216 g/mol. The van der Waals surface area contributed by atoms with E-state index >= 15 is 0 Å². The number of hydrogen-bond acceptors (Lipinski definition) is 2. The van der Waals surface area contributed by atoms with Gasteiger partial charge in [0.05, 0.1) is 6.54 Å². The van der Waals surface area contributed by atoms with Gasteiger partial charge in [0.1, 0.15) is 0 Å². The fraction of sp³-hybridized carbons (Fsp3) is 0.462. The predicted molar refractivity (Wildman–Crippen MR) is 61.7 cm³/mol.